The van der Waals surface area contributed by atoms with E-state index < -0.39 is 17.1 Å². The normalized spacial score (nSPS) is 11.8. The Morgan fingerprint density at radius 1 is 0.886 bits per heavy atom. The largest absolute Gasteiger partial charge is 0.495 e. The molecule has 4 aromatic carbocycles. The highest BCUT2D eigenvalue weighted by Gasteiger charge is 2.21. The summed E-state index contributed by atoms with van der Waals surface area (Å²) in [6, 6.07) is 25.6. The number of nitrogens with one attached hydrogen (secondary N) is 3. The highest BCUT2D eigenvalue weighted by Crippen LogP contribution is 2.32. The first-order chi connectivity index (χ1) is 21.2. The summed E-state index contributed by atoms with van der Waals surface area (Å²) in [7, 11) is 1.52. The molecule has 44 heavy (non-hydrogen) atoms. The van der Waals surface area contributed by atoms with E-state index in [9.17, 15) is 14.4 Å². The molecule has 0 bridgehead atoms. The van der Waals surface area contributed by atoms with Crippen LogP contribution in [0.5, 0.6) is 5.75 Å². The number of methoxy groups -OCH3 is 1. The van der Waals surface area contributed by atoms with Crippen LogP contribution in [0.3, 0.4) is 0 Å². The quantitative estimate of drug-likeness (QED) is 0.110. The molecular weight excluding hydrogens is 641 g/mol. The standard InChI is InChI=1S/C33H28Cl3N3O4S/c1-3-29(33(42)38-26-18-22(34)15-16-28(26)43-2)44-24-13-8-12-23(19-24)37-32(41)27(17-21-11-7-14-25(35)30(21)36)39-31(40)20-9-5-4-6-10-20/h4-19,29H,3H2,1-2H3,(H,37,41)(H,38,42)(H,39,40)/b27-17+. The number of rotatable bonds is 11. The van der Waals surface area contributed by atoms with Gasteiger partial charge in [-0.2, -0.15) is 0 Å². The van der Waals surface area contributed by atoms with Crippen LogP contribution in [0.4, 0.5) is 11.4 Å². The lowest BCUT2D eigenvalue weighted by Gasteiger charge is -2.17. The van der Waals surface area contributed by atoms with Gasteiger partial charge >= 0.3 is 0 Å². The Morgan fingerprint density at radius 2 is 1.64 bits per heavy atom. The highest BCUT2D eigenvalue weighted by atomic mass is 35.5. The van der Waals surface area contributed by atoms with Crippen molar-refractivity contribution in [2.75, 3.05) is 17.7 Å². The molecule has 0 radical (unpaired) electrons. The average molecular weight is 669 g/mol. The Balaban J connectivity index is 1.53. The number of ether oxygens (including phenoxy) is 1. The van der Waals surface area contributed by atoms with Gasteiger partial charge < -0.3 is 20.7 Å². The predicted molar refractivity (Wildman–Crippen MR) is 180 cm³/mol. The van der Waals surface area contributed by atoms with Gasteiger partial charge in [-0.05, 0) is 72.7 Å². The van der Waals surface area contributed by atoms with E-state index in [2.05, 4.69) is 16.0 Å². The fraction of sp³-hybridized carbons (Fsp3) is 0.121. The van der Waals surface area contributed by atoms with Crippen molar-refractivity contribution >= 4 is 81.7 Å². The molecule has 0 aliphatic heterocycles. The van der Waals surface area contributed by atoms with Gasteiger partial charge in [0, 0.05) is 21.2 Å². The van der Waals surface area contributed by atoms with Gasteiger partial charge in [-0.25, -0.2) is 0 Å². The van der Waals surface area contributed by atoms with Crippen LogP contribution in [-0.4, -0.2) is 30.1 Å². The lowest BCUT2D eigenvalue weighted by atomic mass is 10.1. The molecule has 3 amide bonds. The smallest absolute Gasteiger partial charge is 0.272 e. The van der Waals surface area contributed by atoms with Crippen LogP contribution < -0.4 is 20.7 Å². The first-order valence-electron chi connectivity index (χ1n) is 13.4. The molecule has 226 valence electrons. The van der Waals surface area contributed by atoms with E-state index >= 15 is 0 Å². The van der Waals surface area contributed by atoms with Gasteiger partial charge in [0.1, 0.15) is 11.4 Å². The van der Waals surface area contributed by atoms with Crippen molar-refractivity contribution in [3.05, 3.63) is 123 Å². The number of hydrogen-bond acceptors (Lipinski definition) is 5. The summed E-state index contributed by atoms with van der Waals surface area (Å²) in [5, 5.41) is 8.98. The Morgan fingerprint density at radius 3 is 2.36 bits per heavy atom. The summed E-state index contributed by atoms with van der Waals surface area (Å²) < 4.78 is 5.34. The van der Waals surface area contributed by atoms with Crippen LogP contribution in [0, 0.1) is 0 Å². The molecule has 4 rings (SSSR count). The molecule has 1 unspecified atom stereocenters. The molecule has 0 fully saturated rings. The molecule has 0 aliphatic carbocycles. The minimum atomic E-state index is -0.578. The van der Waals surface area contributed by atoms with E-state index in [1.807, 2.05) is 13.0 Å². The number of carbonyl (C=O) groups is 3. The van der Waals surface area contributed by atoms with Gasteiger partial charge in [0.2, 0.25) is 5.91 Å². The van der Waals surface area contributed by atoms with Crippen molar-refractivity contribution in [2.24, 2.45) is 0 Å². The van der Waals surface area contributed by atoms with Gasteiger partial charge in [0.25, 0.3) is 11.8 Å². The number of benzene rings is 4. The van der Waals surface area contributed by atoms with Crippen molar-refractivity contribution < 1.29 is 19.1 Å². The zero-order valence-corrected chi connectivity index (χ0v) is 26.8. The van der Waals surface area contributed by atoms with E-state index in [0.29, 0.717) is 44.7 Å². The molecule has 1 atom stereocenters. The van der Waals surface area contributed by atoms with Gasteiger partial charge in [0.15, 0.2) is 0 Å². The van der Waals surface area contributed by atoms with Crippen LogP contribution in [-0.2, 0) is 9.59 Å². The Labute approximate surface area is 274 Å². The molecule has 0 saturated carbocycles. The van der Waals surface area contributed by atoms with Crippen molar-refractivity contribution in [3.8, 4) is 5.75 Å². The van der Waals surface area contributed by atoms with E-state index in [-0.39, 0.29) is 16.6 Å². The molecule has 0 saturated heterocycles. The highest BCUT2D eigenvalue weighted by molar-refractivity contribution is 8.00. The topological polar surface area (TPSA) is 96.5 Å². The van der Waals surface area contributed by atoms with Crippen molar-refractivity contribution in [3.63, 3.8) is 0 Å². The Bertz CT molecular complexity index is 1700. The van der Waals surface area contributed by atoms with Crippen molar-refractivity contribution in [1.82, 2.24) is 5.32 Å². The number of thioether (sulfide) groups is 1. The summed E-state index contributed by atoms with van der Waals surface area (Å²) in [6.45, 7) is 1.91. The maximum atomic E-state index is 13.5. The fourth-order valence-corrected chi connectivity index (χ4v) is 5.60. The molecule has 7 nitrogen and oxygen atoms in total. The van der Waals surface area contributed by atoms with Crippen molar-refractivity contribution in [1.29, 1.82) is 0 Å². The van der Waals surface area contributed by atoms with Crippen LogP contribution in [0.1, 0.15) is 29.3 Å². The zero-order chi connectivity index (χ0) is 31.6. The molecule has 0 heterocycles. The van der Waals surface area contributed by atoms with Gasteiger partial charge in [-0.3, -0.25) is 14.4 Å². The molecule has 11 heteroatoms. The predicted octanol–water partition coefficient (Wildman–Crippen LogP) is 8.57. The number of halogens is 3. The maximum absolute atomic E-state index is 13.5. The molecular formula is C33H28Cl3N3O4S. The number of carbonyl (C=O) groups excluding carboxylic acids is 3. The first-order valence-corrected chi connectivity index (χ1v) is 15.4. The van der Waals surface area contributed by atoms with E-state index in [4.69, 9.17) is 39.5 Å². The summed E-state index contributed by atoms with van der Waals surface area (Å²) >= 11 is 20.0. The summed E-state index contributed by atoms with van der Waals surface area (Å²) in [6.07, 6.45) is 2.00. The second-order valence-corrected chi connectivity index (χ2v) is 11.8. The van der Waals surface area contributed by atoms with Crippen LogP contribution in [0.2, 0.25) is 15.1 Å². The third-order valence-electron chi connectivity index (χ3n) is 6.26. The van der Waals surface area contributed by atoms with Crippen LogP contribution in [0.25, 0.3) is 6.08 Å². The zero-order valence-electron chi connectivity index (χ0n) is 23.7. The number of amides is 3. The lowest BCUT2D eigenvalue weighted by Crippen LogP contribution is -2.30. The van der Waals surface area contributed by atoms with Crippen LogP contribution >= 0.6 is 46.6 Å². The Hall–Kier alpha value is -3.95. The lowest BCUT2D eigenvalue weighted by molar-refractivity contribution is -0.116. The van der Waals surface area contributed by atoms with E-state index in [1.54, 1.807) is 84.9 Å². The van der Waals surface area contributed by atoms with Crippen molar-refractivity contribution in [2.45, 2.75) is 23.5 Å². The fourth-order valence-electron chi connectivity index (χ4n) is 4.05. The van der Waals surface area contributed by atoms with E-state index in [1.165, 1.54) is 24.9 Å². The molecule has 3 N–H and O–H groups in total. The molecule has 4 aromatic rings. The third-order valence-corrected chi connectivity index (χ3v) is 8.69. The van der Waals surface area contributed by atoms with Crippen LogP contribution in [0.15, 0.2) is 102 Å². The van der Waals surface area contributed by atoms with Gasteiger partial charge in [-0.1, -0.05) is 78.1 Å². The average Bonchev–Trinajstić information content (AvgIpc) is 3.02. The molecule has 0 aromatic heterocycles. The molecule has 0 aliphatic rings. The SMILES string of the molecule is CCC(Sc1cccc(NC(=O)/C(=C\c2cccc(Cl)c2Cl)NC(=O)c2ccccc2)c1)C(=O)Nc1cc(Cl)ccc1OC. The number of anilines is 2. The summed E-state index contributed by atoms with van der Waals surface area (Å²) in [4.78, 5) is 40.4. The summed E-state index contributed by atoms with van der Waals surface area (Å²) in [5.74, 6) is -0.776. The number of hydrogen-bond donors (Lipinski definition) is 3. The minimum Gasteiger partial charge on any atom is -0.495 e. The van der Waals surface area contributed by atoms with Gasteiger partial charge in [-0.15, -0.1) is 11.8 Å². The maximum Gasteiger partial charge on any atom is 0.272 e. The minimum absolute atomic E-state index is 0.0395. The van der Waals surface area contributed by atoms with E-state index in [0.717, 1.165) is 4.90 Å². The Kier molecular flexibility index (Phi) is 11.7. The first kappa shape index (κ1) is 33.0. The van der Waals surface area contributed by atoms with Gasteiger partial charge in [0.05, 0.1) is 28.1 Å². The third kappa shape index (κ3) is 8.80. The monoisotopic (exact) mass is 667 g/mol. The second-order valence-electron chi connectivity index (χ2n) is 9.35. The second kappa shape index (κ2) is 15.7. The molecule has 0 spiro atoms. The summed E-state index contributed by atoms with van der Waals surface area (Å²) in [5.41, 5.74) is 1.73.